The van der Waals surface area contributed by atoms with Gasteiger partial charge in [0.15, 0.2) is 14.9 Å². The van der Waals surface area contributed by atoms with Crippen molar-refractivity contribution in [1.29, 1.82) is 0 Å². The lowest BCUT2D eigenvalue weighted by atomic mass is 10.1. The van der Waals surface area contributed by atoms with Gasteiger partial charge in [0.2, 0.25) is 0 Å². The van der Waals surface area contributed by atoms with Crippen molar-refractivity contribution in [3.63, 3.8) is 0 Å². The maximum absolute atomic E-state index is 12.0. The van der Waals surface area contributed by atoms with Crippen LogP contribution in [0, 0.1) is 5.92 Å². The number of benzene rings is 1. The second kappa shape index (κ2) is 6.29. The van der Waals surface area contributed by atoms with Crippen LogP contribution < -0.4 is 10.0 Å². The minimum atomic E-state index is -3.70. The van der Waals surface area contributed by atoms with Gasteiger partial charge >= 0.3 is 0 Å². The van der Waals surface area contributed by atoms with Crippen molar-refractivity contribution in [3.8, 4) is 0 Å². The molecule has 2 N–H and O–H groups in total. The fourth-order valence-corrected chi connectivity index (χ4v) is 5.31. The molecule has 1 aromatic carbocycles. The third-order valence-electron chi connectivity index (χ3n) is 3.16. The minimum Gasteiger partial charge on any atom is -0.362 e. The maximum Gasteiger partial charge on any atom is 0.263 e. The molecular weight excluding hydrogens is 332 g/mol. The smallest absolute Gasteiger partial charge is 0.263 e. The maximum atomic E-state index is 12.0. The van der Waals surface area contributed by atoms with Gasteiger partial charge in [0.05, 0.1) is 16.4 Å². The van der Waals surface area contributed by atoms with Crippen LogP contribution in [0.1, 0.15) is 6.42 Å². The summed E-state index contributed by atoms with van der Waals surface area (Å²) >= 11 is 4.94. The Kier molecular flexibility index (Phi) is 4.84. The molecule has 0 radical (unpaired) electrons. The molecule has 1 aromatic rings. The first-order valence-corrected chi connectivity index (χ1v) is 10.1. The van der Waals surface area contributed by atoms with Gasteiger partial charge in [0, 0.05) is 6.54 Å². The van der Waals surface area contributed by atoms with E-state index in [0.717, 1.165) is 0 Å². The number of hydrogen-bond donors (Lipinski definition) is 2. The molecule has 0 aromatic heterocycles. The molecule has 21 heavy (non-hydrogen) atoms. The average molecular weight is 348 g/mol. The topological polar surface area (TPSA) is 92.3 Å². The summed E-state index contributed by atoms with van der Waals surface area (Å²) < 4.78 is 48.9. The molecule has 1 fully saturated rings. The fourth-order valence-electron chi connectivity index (χ4n) is 2.09. The first kappa shape index (κ1) is 16.2. The predicted molar refractivity (Wildman–Crippen MR) is 84.1 cm³/mol. The van der Waals surface area contributed by atoms with Crippen LogP contribution in [-0.2, 0) is 19.9 Å². The molecule has 1 atom stereocenters. The standard InChI is InChI=1S/C12H16N2O4S3/c15-20(16)7-6-10(9-20)8-13-12(19)14-21(17,18)11-4-2-1-3-5-11/h1-5,10H,6-9H2,(H2,13,14,19). The van der Waals surface area contributed by atoms with Gasteiger partial charge in [-0.05, 0) is 36.7 Å². The van der Waals surface area contributed by atoms with Crippen molar-refractivity contribution in [2.45, 2.75) is 11.3 Å². The lowest BCUT2D eigenvalue weighted by molar-refractivity contribution is 0.569. The van der Waals surface area contributed by atoms with Crippen molar-refractivity contribution >= 4 is 37.2 Å². The Hall–Kier alpha value is -1.19. The summed E-state index contributed by atoms with van der Waals surface area (Å²) in [4.78, 5) is 0.123. The van der Waals surface area contributed by atoms with Crippen LogP contribution in [0.5, 0.6) is 0 Å². The van der Waals surface area contributed by atoms with E-state index >= 15 is 0 Å². The normalized spacial score (nSPS) is 20.9. The molecule has 0 bridgehead atoms. The zero-order valence-corrected chi connectivity index (χ0v) is 13.6. The van der Waals surface area contributed by atoms with Crippen molar-refractivity contribution < 1.29 is 16.8 Å². The highest BCUT2D eigenvalue weighted by Gasteiger charge is 2.27. The van der Waals surface area contributed by atoms with Crippen molar-refractivity contribution in [3.05, 3.63) is 30.3 Å². The number of sulfonamides is 1. The lowest BCUT2D eigenvalue weighted by Gasteiger charge is -2.13. The van der Waals surface area contributed by atoms with Crippen molar-refractivity contribution in [2.24, 2.45) is 5.92 Å². The molecule has 1 aliphatic heterocycles. The van der Waals surface area contributed by atoms with E-state index in [2.05, 4.69) is 10.0 Å². The largest absolute Gasteiger partial charge is 0.362 e. The van der Waals surface area contributed by atoms with Gasteiger partial charge in [-0.1, -0.05) is 18.2 Å². The molecule has 6 nitrogen and oxygen atoms in total. The number of hydrogen-bond acceptors (Lipinski definition) is 5. The zero-order chi connectivity index (χ0) is 15.5. The summed E-state index contributed by atoms with van der Waals surface area (Å²) in [6.45, 7) is 0.343. The van der Waals surface area contributed by atoms with Gasteiger partial charge < -0.3 is 5.32 Å². The second-order valence-electron chi connectivity index (χ2n) is 4.90. The van der Waals surface area contributed by atoms with Crippen LogP contribution in [0.3, 0.4) is 0 Å². The van der Waals surface area contributed by atoms with Crippen molar-refractivity contribution in [1.82, 2.24) is 10.0 Å². The van der Waals surface area contributed by atoms with Crippen LogP contribution in [0.25, 0.3) is 0 Å². The Morgan fingerprint density at radius 3 is 2.52 bits per heavy atom. The first-order valence-electron chi connectivity index (χ1n) is 6.35. The fraction of sp³-hybridized carbons (Fsp3) is 0.417. The highest BCUT2D eigenvalue weighted by molar-refractivity contribution is 7.92. The molecule has 0 amide bonds. The van der Waals surface area contributed by atoms with Gasteiger partial charge in [0.1, 0.15) is 0 Å². The third kappa shape index (κ3) is 4.65. The SMILES string of the molecule is O=S1(=O)CCC(CNC(=S)NS(=O)(=O)c2ccccc2)C1. The van der Waals surface area contributed by atoms with Crippen molar-refractivity contribution in [2.75, 3.05) is 18.1 Å². The quantitative estimate of drug-likeness (QED) is 0.759. The lowest BCUT2D eigenvalue weighted by Crippen LogP contribution is -2.41. The van der Waals surface area contributed by atoms with Gasteiger partial charge in [-0.3, -0.25) is 4.72 Å². The Balaban J connectivity index is 1.88. The monoisotopic (exact) mass is 348 g/mol. The number of nitrogens with one attached hydrogen (secondary N) is 2. The summed E-state index contributed by atoms with van der Waals surface area (Å²) in [6, 6.07) is 7.89. The third-order valence-corrected chi connectivity index (χ3v) is 6.74. The molecule has 0 spiro atoms. The summed E-state index contributed by atoms with van der Waals surface area (Å²) in [7, 11) is -6.64. The van der Waals surface area contributed by atoms with Gasteiger partial charge in [-0.25, -0.2) is 16.8 Å². The summed E-state index contributed by atoms with van der Waals surface area (Å²) in [6.07, 6.45) is 0.573. The Morgan fingerprint density at radius 1 is 1.29 bits per heavy atom. The minimum absolute atomic E-state index is 0.0249. The van der Waals surface area contributed by atoms with E-state index in [1.165, 1.54) is 12.1 Å². The number of rotatable bonds is 4. The van der Waals surface area contributed by atoms with E-state index in [1.54, 1.807) is 18.2 Å². The highest BCUT2D eigenvalue weighted by atomic mass is 32.2. The number of thiocarbonyl (C=S) groups is 1. The van der Waals surface area contributed by atoms with E-state index < -0.39 is 19.9 Å². The molecule has 0 saturated carbocycles. The van der Waals surface area contributed by atoms with Crippen LogP contribution in [0.15, 0.2) is 35.2 Å². The molecule has 1 unspecified atom stereocenters. The molecule has 116 valence electrons. The molecule has 9 heteroatoms. The Bertz CT molecular complexity index is 714. The highest BCUT2D eigenvalue weighted by Crippen LogP contribution is 2.17. The van der Waals surface area contributed by atoms with Crippen LogP contribution in [-0.4, -0.2) is 40.0 Å². The second-order valence-corrected chi connectivity index (χ2v) is 9.22. The van der Waals surface area contributed by atoms with E-state index in [-0.39, 0.29) is 27.4 Å². The Labute approximate surface area is 129 Å². The predicted octanol–water partition coefficient (Wildman–Crippen LogP) is 0.274. The van der Waals surface area contributed by atoms with Crippen LogP contribution >= 0.6 is 12.2 Å². The molecule has 1 heterocycles. The van der Waals surface area contributed by atoms with E-state index in [1.807, 2.05) is 0 Å². The summed E-state index contributed by atoms with van der Waals surface area (Å²) in [5.74, 6) is 0.268. The summed E-state index contributed by atoms with van der Waals surface area (Å²) in [5.41, 5.74) is 0. The van der Waals surface area contributed by atoms with Gasteiger partial charge in [-0.15, -0.1) is 0 Å². The average Bonchev–Trinajstić information content (AvgIpc) is 2.77. The number of sulfone groups is 1. The van der Waals surface area contributed by atoms with E-state index in [0.29, 0.717) is 13.0 Å². The molecule has 1 aliphatic rings. The van der Waals surface area contributed by atoms with E-state index in [9.17, 15) is 16.8 Å². The van der Waals surface area contributed by atoms with Gasteiger partial charge in [-0.2, -0.15) is 0 Å². The molecule has 2 rings (SSSR count). The molecular formula is C12H16N2O4S3. The molecule has 1 saturated heterocycles. The Morgan fingerprint density at radius 2 is 1.95 bits per heavy atom. The van der Waals surface area contributed by atoms with Gasteiger partial charge in [0.25, 0.3) is 10.0 Å². The van der Waals surface area contributed by atoms with E-state index in [4.69, 9.17) is 12.2 Å². The van der Waals surface area contributed by atoms with Crippen LogP contribution in [0.2, 0.25) is 0 Å². The van der Waals surface area contributed by atoms with Crippen LogP contribution in [0.4, 0.5) is 0 Å². The first-order chi connectivity index (χ1) is 9.78. The molecule has 0 aliphatic carbocycles. The summed E-state index contributed by atoms with van der Waals surface area (Å²) in [5, 5.41) is 2.74. The zero-order valence-electron chi connectivity index (χ0n) is 11.2.